The molecule has 0 aliphatic heterocycles. The maximum absolute atomic E-state index is 7.05. The molecule has 0 fully saturated rings. The van der Waals surface area contributed by atoms with Crippen molar-refractivity contribution < 1.29 is 4.74 Å². The minimum atomic E-state index is -0.0738. The van der Waals surface area contributed by atoms with Crippen LogP contribution in [0.4, 0.5) is 0 Å². The number of para-hydroxylation sites is 1. The topological polar surface area (TPSA) is 9.23 Å². The first-order valence-corrected chi connectivity index (χ1v) is 16.0. The maximum atomic E-state index is 7.05. The lowest BCUT2D eigenvalue weighted by atomic mass is 9.77. The molecule has 0 bridgehead atoms. The van der Waals surface area contributed by atoms with Gasteiger partial charge in [0, 0.05) is 21.5 Å². The van der Waals surface area contributed by atoms with Crippen molar-refractivity contribution in [3.05, 3.63) is 203 Å². The summed E-state index contributed by atoms with van der Waals surface area (Å²) in [5.74, 6) is 1.50. The summed E-state index contributed by atoms with van der Waals surface area (Å²) in [6.07, 6.45) is 0. The van der Waals surface area contributed by atoms with Crippen molar-refractivity contribution in [2.45, 2.75) is 5.92 Å². The van der Waals surface area contributed by atoms with Gasteiger partial charge in [-0.15, -0.1) is 0 Å². The minimum absolute atomic E-state index is 0.0738. The van der Waals surface area contributed by atoms with Gasteiger partial charge in [0.25, 0.3) is 0 Å². The molecule has 0 radical (unpaired) electrons. The quantitative estimate of drug-likeness (QED) is 0.151. The van der Waals surface area contributed by atoms with E-state index in [0.29, 0.717) is 10.0 Å². The maximum Gasteiger partial charge on any atom is 0.128 e. The fraction of sp³-hybridized carbons (Fsp3) is 0.0233. The molecule has 0 amide bonds. The molecular weight excluding hydrogens is 603 g/mol. The average molecular weight is 634 g/mol. The van der Waals surface area contributed by atoms with Crippen LogP contribution in [0.3, 0.4) is 0 Å². The number of ether oxygens (including phenoxy) is 1. The molecule has 7 aromatic rings. The molecule has 46 heavy (non-hydrogen) atoms. The van der Waals surface area contributed by atoms with E-state index in [1.54, 1.807) is 0 Å². The van der Waals surface area contributed by atoms with Gasteiger partial charge in [0.15, 0.2) is 0 Å². The lowest BCUT2D eigenvalue weighted by Crippen LogP contribution is -2.07. The largest absolute Gasteiger partial charge is 0.457 e. The monoisotopic (exact) mass is 632 g/mol. The second-order valence-corrected chi connectivity index (χ2v) is 12.0. The summed E-state index contributed by atoms with van der Waals surface area (Å²) < 4.78 is 6.26. The molecule has 222 valence electrons. The Morgan fingerprint density at radius 1 is 0.413 bits per heavy atom. The predicted octanol–water partition coefficient (Wildman–Crippen LogP) is 13.0. The first kappa shape index (κ1) is 29.6. The van der Waals surface area contributed by atoms with Crippen molar-refractivity contribution >= 4 is 23.2 Å². The average Bonchev–Trinajstić information content (AvgIpc) is 3.10. The van der Waals surface area contributed by atoms with Crippen LogP contribution >= 0.6 is 23.2 Å². The Morgan fingerprint density at radius 3 is 1.61 bits per heavy atom. The summed E-state index contributed by atoms with van der Waals surface area (Å²) >= 11 is 13.5. The van der Waals surface area contributed by atoms with Crippen molar-refractivity contribution in [1.82, 2.24) is 0 Å². The molecule has 7 aromatic carbocycles. The lowest BCUT2D eigenvalue weighted by molar-refractivity contribution is 0.483. The number of hydrogen-bond acceptors (Lipinski definition) is 1. The zero-order valence-electron chi connectivity index (χ0n) is 25.0. The van der Waals surface area contributed by atoms with Crippen LogP contribution in [-0.2, 0) is 0 Å². The molecule has 0 aliphatic carbocycles. The molecule has 1 nitrogen and oxygen atoms in total. The van der Waals surface area contributed by atoms with Gasteiger partial charge in [-0.1, -0.05) is 151 Å². The lowest BCUT2D eigenvalue weighted by Gasteiger charge is -2.26. The van der Waals surface area contributed by atoms with Gasteiger partial charge in [-0.2, -0.15) is 0 Å². The predicted molar refractivity (Wildman–Crippen MR) is 193 cm³/mol. The van der Waals surface area contributed by atoms with Crippen molar-refractivity contribution in [2.24, 2.45) is 0 Å². The molecule has 0 aliphatic rings. The fourth-order valence-corrected chi connectivity index (χ4v) is 6.61. The van der Waals surface area contributed by atoms with Crippen LogP contribution < -0.4 is 4.74 Å². The second-order valence-electron chi connectivity index (χ2n) is 11.2. The SMILES string of the molecule is Clc1ccc(-c2c(-c3ccccc3)cc(-c3cccc(Oc4ccccc4)c3)cc2C(c2ccccc2)c2ccccc2)c(Cl)c1. The van der Waals surface area contributed by atoms with Gasteiger partial charge in [-0.05, 0) is 93.0 Å². The molecule has 0 saturated heterocycles. The molecule has 0 aromatic heterocycles. The van der Waals surface area contributed by atoms with E-state index in [-0.39, 0.29) is 5.92 Å². The molecule has 0 saturated carbocycles. The Kier molecular flexibility index (Phi) is 8.69. The van der Waals surface area contributed by atoms with Gasteiger partial charge >= 0.3 is 0 Å². The Hall–Kier alpha value is -5.08. The van der Waals surface area contributed by atoms with E-state index in [4.69, 9.17) is 27.9 Å². The number of hydrogen-bond donors (Lipinski definition) is 0. The molecule has 0 atom stereocenters. The first-order valence-electron chi connectivity index (χ1n) is 15.3. The van der Waals surface area contributed by atoms with E-state index < -0.39 is 0 Å². The summed E-state index contributed by atoms with van der Waals surface area (Å²) in [6.45, 7) is 0. The van der Waals surface area contributed by atoms with Crippen LogP contribution in [0.2, 0.25) is 10.0 Å². The Balaban J connectivity index is 1.53. The van der Waals surface area contributed by atoms with Crippen LogP contribution in [0.1, 0.15) is 22.6 Å². The molecule has 7 rings (SSSR count). The third-order valence-corrected chi connectivity index (χ3v) is 8.73. The zero-order valence-corrected chi connectivity index (χ0v) is 26.5. The zero-order chi connectivity index (χ0) is 31.3. The van der Waals surface area contributed by atoms with Crippen molar-refractivity contribution in [3.8, 4) is 44.9 Å². The van der Waals surface area contributed by atoms with Crippen LogP contribution in [0, 0.1) is 0 Å². The summed E-state index contributed by atoms with van der Waals surface area (Å²) in [5.41, 5.74) is 9.86. The van der Waals surface area contributed by atoms with Crippen molar-refractivity contribution in [1.29, 1.82) is 0 Å². The van der Waals surface area contributed by atoms with Gasteiger partial charge in [-0.25, -0.2) is 0 Å². The molecule has 0 unspecified atom stereocenters. The highest BCUT2D eigenvalue weighted by atomic mass is 35.5. The Labute approximate surface area is 280 Å². The Bertz CT molecular complexity index is 2040. The van der Waals surface area contributed by atoms with E-state index in [9.17, 15) is 0 Å². The summed E-state index contributed by atoms with van der Waals surface area (Å²) in [5, 5.41) is 1.21. The smallest absolute Gasteiger partial charge is 0.128 e. The van der Waals surface area contributed by atoms with E-state index >= 15 is 0 Å². The van der Waals surface area contributed by atoms with E-state index in [1.807, 2.05) is 66.7 Å². The van der Waals surface area contributed by atoms with Crippen LogP contribution in [0.5, 0.6) is 11.5 Å². The van der Waals surface area contributed by atoms with E-state index in [2.05, 4.69) is 109 Å². The van der Waals surface area contributed by atoms with Crippen molar-refractivity contribution in [3.63, 3.8) is 0 Å². The highest BCUT2D eigenvalue weighted by Gasteiger charge is 2.26. The fourth-order valence-electron chi connectivity index (χ4n) is 6.10. The third-order valence-electron chi connectivity index (χ3n) is 8.18. The Morgan fingerprint density at radius 2 is 0.978 bits per heavy atom. The molecule has 3 heteroatoms. The molecule has 0 N–H and O–H groups in total. The van der Waals surface area contributed by atoms with Crippen LogP contribution in [0.15, 0.2) is 176 Å². The molecular formula is C43H30Cl2O. The van der Waals surface area contributed by atoms with Gasteiger partial charge in [0.2, 0.25) is 0 Å². The number of halogens is 2. The van der Waals surface area contributed by atoms with Crippen LogP contribution in [0.25, 0.3) is 33.4 Å². The van der Waals surface area contributed by atoms with E-state index in [1.165, 1.54) is 11.1 Å². The van der Waals surface area contributed by atoms with E-state index in [0.717, 1.165) is 50.4 Å². The second kappa shape index (κ2) is 13.5. The van der Waals surface area contributed by atoms with Crippen LogP contribution in [-0.4, -0.2) is 0 Å². The normalized spacial score (nSPS) is 11.0. The van der Waals surface area contributed by atoms with Gasteiger partial charge in [0.05, 0.1) is 0 Å². The van der Waals surface area contributed by atoms with Gasteiger partial charge in [-0.3, -0.25) is 0 Å². The van der Waals surface area contributed by atoms with Crippen molar-refractivity contribution in [2.75, 3.05) is 0 Å². The number of rotatable bonds is 8. The van der Waals surface area contributed by atoms with Gasteiger partial charge < -0.3 is 4.74 Å². The van der Waals surface area contributed by atoms with Gasteiger partial charge in [0.1, 0.15) is 11.5 Å². The highest BCUT2D eigenvalue weighted by molar-refractivity contribution is 6.36. The summed E-state index contributed by atoms with van der Waals surface area (Å²) in [6, 6.07) is 60.4. The third kappa shape index (κ3) is 6.34. The summed E-state index contributed by atoms with van der Waals surface area (Å²) in [7, 11) is 0. The number of benzene rings is 7. The standard InChI is InChI=1S/C43H30Cl2O/c44-35-24-25-38(41(45)29-35)43-39(30-14-5-1-6-15-30)27-34(33-20-13-23-37(26-33)46-36-21-11-4-12-22-36)28-40(43)42(31-16-7-2-8-17-31)32-18-9-3-10-19-32/h1-29,42H. The first-order chi connectivity index (χ1) is 22.6. The summed E-state index contributed by atoms with van der Waals surface area (Å²) in [4.78, 5) is 0. The minimum Gasteiger partial charge on any atom is -0.457 e. The molecule has 0 spiro atoms. The highest BCUT2D eigenvalue weighted by Crippen LogP contribution is 2.47. The molecule has 0 heterocycles.